The van der Waals surface area contributed by atoms with Crippen molar-refractivity contribution in [3.05, 3.63) is 47.8 Å². The Labute approximate surface area is 131 Å². The van der Waals surface area contributed by atoms with E-state index in [-0.39, 0.29) is 33.5 Å². The second-order valence-electron chi connectivity index (χ2n) is 4.15. The van der Waals surface area contributed by atoms with Gasteiger partial charge >= 0.3 is 11.5 Å². The first kappa shape index (κ1) is 16.7. The number of alkyl halides is 3. The highest BCUT2D eigenvalue weighted by atomic mass is 32.2. The number of carbonyl (C=O) groups is 2. The normalized spacial score (nSPS) is 11.1. The molecule has 0 unspecified atom stereocenters. The minimum absolute atomic E-state index is 0.0637. The van der Waals surface area contributed by atoms with Crippen molar-refractivity contribution >= 4 is 29.3 Å². The average Bonchev–Trinajstić information content (AvgIpc) is 2.46. The number of thioether (sulfide) groups is 1. The minimum Gasteiger partial charge on any atom is -0.478 e. The highest BCUT2D eigenvalue weighted by Crippen LogP contribution is 2.36. The number of halogens is 3. The molecule has 0 spiro atoms. The lowest BCUT2D eigenvalue weighted by Gasteiger charge is -2.08. The lowest BCUT2D eigenvalue weighted by atomic mass is 10.2. The van der Waals surface area contributed by atoms with Crippen LogP contribution < -0.4 is 5.32 Å². The van der Waals surface area contributed by atoms with Crippen LogP contribution >= 0.6 is 11.8 Å². The summed E-state index contributed by atoms with van der Waals surface area (Å²) in [6.07, 6.45) is 2.04. The number of hydrogen-bond donors (Lipinski definition) is 2. The molecule has 0 radical (unpaired) electrons. The zero-order valence-electron chi connectivity index (χ0n) is 11.2. The van der Waals surface area contributed by atoms with E-state index in [1.165, 1.54) is 12.1 Å². The number of hydrogen-bond acceptors (Lipinski definition) is 5. The number of aromatic carboxylic acids is 1. The highest BCUT2D eigenvalue weighted by Gasteiger charge is 2.29. The molecule has 2 rings (SSSR count). The maximum absolute atomic E-state index is 12.2. The predicted molar refractivity (Wildman–Crippen MR) is 75.3 cm³/mol. The van der Waals surface area contributed by atoms with E-state index in [1.54, 1.807) is 0 Å². The van der Waals surface area contributed by atoms with E-state index in [0.717, 1.165) is 24.5 Å². The molecule has 2 N–H and O–H groups in total. The van der Waals surface area contributed by atoms with Gasteiger partial charge in [0.2, 0.25) is 0 Å². The van der Waals surface area contributed by atoms with Gasteiger partial charge in [0.05, 0.1) is 18.1 Å². The van der Waals surface area contributed by atoms with Gasteiger partial charge in [-0.25, -0.2) is 4.79 Å². The number of anilines is 1. The fraction of sp³-hybridized carbons (Fsp3) is 0.0769. The van der Waals surface area contributed by atoms with Crippen molar-refractivity contribution in [3.8, 4) is 0 Å². The Kier molecular flexibility index (Phi) is 4.84. The summed E-state index contributed by atoms with van der Waals surface area (Å²) in [6.45, 7) is 0. The Morgan fingerprint density at radius 1 is 1.09 bits per heavy atom. The molecular weight excluding hydrogens is 335 g/mol. The molecule has 0 fully saturated rings. The molecule has 0 aliphatic rings. The average molecular weight is 343 g/mol. The Balaban J connectivity index is 2.14. The molecule has 1 aromatic heterocycles. The topological polar surface area (TPSA) is 92.2 Å². The van der Waals surface area contributed by atoms with Gasteiger partial charge in [-0.1, -0.05) is 0 Å². The van der Waals surface area contributed by atoms with Crippen LogP contribution in [0.25, 0.3) is 0 Å². The summed E-state index contributed by atoms with van der Waals surface area (Å²) in [7, 11) is 0. The van der Waals surface area contributed by atoms with Crippen LogP contribution in [0, 0.1) is 0 Å². The smallest absolute Gasteiger partial charge is 0.446 e. The molecule has 1 amide bonds. The van der Waals surface area contributed by atoms with Crippen molar-refractivity contribution in [1.29, 1.82) is 0 Å². The molecule has 120 valence electrons. The van der Waals surface area contributed by atoms with Crippen molar-refractivity contribution in [2.75, 3.05) is 5.32 Å². The number of rotatable bonds is 4. The number of amides is 1. The summed E-state index contributed by atoms with van der Waals surface area (Å²) in [6, 6.07) is 4.71. The minimum atomic E-state index is -4.41. The first-order valence-corrected chi connectivity index (χ1v) is 6.79. The molecule has 0 aliphatic carbocycles. The van der Waals surface area contributed by atoms with Gasteiger partial charge in [-0.05, 0) is 36.0 Å². The lowest BCUT2D eigenvalue weighted by Crippen LogP contribution is -2.15. The van der Waals surface area contributed by atoms with Crippen LogP contribution in [0.2, 0.25) is 0 Å². The molecular formula is C13H8F3N3O3S. The van der Waals surface area contributed by atoms with Gasteiger partial charge in [0.15, 0.2) is 0 Å². The molecule has 1 heterocycles. The van der Waals surface area contributed by atoms with E-state index in [1.807, 2.05) is 0 Å². The van der Waals surface area contributed by atoms with E-state index < -0.39 is 17.4 Å². The zero-order valence-corrected chi connectivity index (χ0v) is 12.0. The van der Waals surface area contributed by atoms with Gasteiger partial charge in [-0.3, -0.25) is 4.79 Å². The summed E-state index contributed by atoms with van der Waals surface area (Å²) in [4.78, 5) is 22.9. The van der Waals surface area contributed by atoms with Gasteiger partial charge in [0.25, 0.3) is 5.91 Å². The third-order valence-electron chi connectivity index (χ3n) is 2.56. The molecule has 1 aromatic carbocycles. The quantitative estimate of drug-likeness (QED) is 0.829. The molecule has 10 heteroatoms. The number of carboxylic acid groups (broad SMARTS) is 1. The van der Waals surface area contributed by atoms with Gasteiger partial charge in [0, 0.05) is 10.5 Å². The van der Waals surface area contributed by atoms with Gasteiger partial charge in [0.1, 0.15) is 5.56 Å². The molecule has 0 atom stereocenters. The molecule has 0 bridgehead atoms. The van der Waals surface area contributed by atoms with Crippen LogP contribution in [-0.4, -0.2) is 32.7 Å². The summed E-state index contributed by atoms with van der Waals surface area (Å²) in [5.41, 5.74) is -4.66. The summed E-state index contributed by atoms with van der Waals surface area (Å²) < 4.78 is 36.7. The number of aromatic nitrogens is 2. The summed E-state index contributed by atoms with van der Waals surface area (Å²) in [5, 5.41) is 18.2. The molecule has 0 saturated heterocycles. The Morgan fingerprint density at radius 3 is 2.26 bits per heavy atom. The van der Waals surface area contributed by atoms with Gasteiger partial charge < -0.3 is 10.4 Å². The lowest BCUT2D eigenvalue weighted by molar-refractivity contribution is -0.0328. The molecule has 2 aromatic rings. The van der Waals surface area contributed by atoms with Gasteiger partial charge in [-0.2, -0.15) is 23.4 Å². The molecule has 6 nitrogen and oxygen atoms in total. The molecule has 0 saturated carbocycles. The van der Waals surface area contributed by atoms with Crippen molar-refractivity contribution in [2.24, 2.45) is 0 Å². The van der Waals surface area contributed by atoms with Crippen molar-refractivity contribution < 1.29 is 27.9 Å². The molecule has 23 heavy (non-hydrogen) atoms. The van der Waals surface area contributed by atoms with Crippen LogP contribution in [0.15, 0.2) is 41.6 Å². The second kappa shape index (κ2) is 6.65. The SMILES string of the molecule is O=C(Nc1cnncc1C(=O)O)c1ccc(SC(F)(F)F)cc1. The van der Waals surface area contributed by atoms with Crippen molar-refractivity contribution in [3.63, 3.8) is 0 Å². The first-order valence-electron chi connectivity index (χ1n) is 5.97. The summed E-state index contributed by atoms with van der Waals surface area (Å²) >= 11 is -0.296. The van der Waals surface area contributed by atoms with E-state index in [4.69, 9.17) is 5.11 Å². The Hall–Kier alpha value is -2.62. The predicted octanol–water partition coefficient (Wildman–Crippen LogP) is 3.04. The number of nitrogens with zero attached hydrogens (tertiary/aromatic N) is 2. The number of nitrogens with one attached hydrogen (secondary N) is 1. The van der Waals surface area contributed by atoms with Crippen LogP contribution in [-0.2, 0) is 0 Å². The third kappa shape index (κ3) is 4.68. The fourth-order valence-electron chi connectivity index (χ4n) is 1.59. The number of benzene rings is 1. The monoisotopic (exact) mass is 343 g/mol. The third-order valence-corrected chi connectivity index (χ3v) is 3.30. The van der Waals surface area contributed by atoms with Crippen molar-refractivity contribution in [2.45, 2.75) is 10.4 Å². The Bertz CT molecular complexity index is 735. The second-order valence-corrected chi connectivity index (χ2v) is 5.29. The maximum Gasteiger partial charge on any atom is 0.446 e. The summed E-state index contributed by atoms with van der Waals surface area (Å²) in [5.74, 6) is -1.98. The van der Waals surface area contributed by atoms with Crippen LogP contribution in [0.3, 0.4) is 0 Å². The largest absolute Gasteiger partial charge is 0.478 e. The van der Waals surface area contributed by atoms with Crippen LogP contribution in [0.5, 0.6) is 0 Å². The number of carboxylic acids is 1. The first-order chi connectivity index (χ1) is 10.8. The van der Waals surface area contributed by atoms with Crippen LogP contribution in [0.4, 0.5) is 18.9 Å². The van der Waals surface area contributed by atoms with Crippen molar-refractivity contribution in [1.82, 2.24) is 10.2 Å². The molecule has 0 aliphatic heterocycles. The Morgan fingerprint density at radius 2 is 1.70 bits per heavy atom. The van der Waals surface area contributed by atoms with E-state index in [2.05, 4.69) is 15.5 Å². The standard InChI is InChI=1S/C13H8F3N3O3S/c14-13(15,16)23-8-3-1-7(2-4-8)11(20)19-10-6-18-17-5-9(10)12(21)22/h1-6H,(H,21,22)(H,17,19,20). The van der Waals surface area contributed by atoms with E-state index in [9.17, 15) is 22.8 Å². The van der Waals surface area contributed by atoms with Crippen LogP contribution in [0.1, 0.15) is 20.7 Å². The van der Waals surface area contributed by atoms with E-state index in [0.29, 0.717) is 0 Å². The zero-order chi connectivity index (χ0) is 17.0. The highest BCUT2D eigenvalue weighted by molar-refractivity contribution is 8.00. The van der Waals surface area contributed by atoms with E-state index >= 15 is 0 Å². The number of carbonyl (C=O) groups excluding carboxylic acids is 1. The maximum atomic E-state index is 12.2. The van der Waals surface area contributed by atoms with Gasteiger partial charge in [-0.15, -0.1) is 0 Å². The fourth-order valence-corrected chi connectivity index (χ4v) is 2.13.